The van der Waals surface area contributed by atoms with Crippen molar-refractivity contribution in [1.29, 1.82) is 0 Å². The Morgan fingerprint density at radius 1 is 1.43 bits per heavy atom. The molecule has 1 aliphatic heterocycles. The van der Waals surface area contributed by atoms with Gasteiger partial charge in [0.25, 0.3) is 0 Å². The third-order valence-corrected chi connectivity index (χ3v) is 3.15. The van der Waals surface area contributed by atoms with Crippen LogP contribution >= 0.6 is 0 Å². The van der Waals surface area contributed by atoms with Crippen LogP contribution in [0.2, 0.25) is 0 Å². The van der Waals surface area contributed by atoms with Crippen LogP contribution in [0.3, 0.4) is 0 Å². The molecule has 1 saturated heterocycles. The molecule has 1 heterocycles. The van der Waals surface area contributed by atoms with E-state index in [0.717, 1.165) is 19.5 Å². The number of carbonyl (C=O) groups is 1. The zero-order chi connectivity index (χ0) is 10.4. The summed E-state index contributed by atoms with van der Waals surface area (Å²) in [6.45, 7) is 5.67. The number of rotatable bonds is 4. The Bertz CT molecular complexity index is 182. The third kappa shape index (κ3) is 4.09. The zero-order valence-electron chi connectivity index (χ0n) is 9.04. The fourth-order valence-corrected chi connectivity index (χ4v) is 2.16. The largest absolute Gasteiger partial charge is 0.481 e. The van der Waals surface area contributed by atoms with E-state index in [1.807, 2.05) is 0 Å². The molecule has 3 heteroatoms. The van der Waals surface area contributed by atoms with Crippen LogP contribution in [-0.2, 0) is 4.79 Å². The predicted molar refractivity (Wildman–Crippen MR) is 56.3 cm³/mol. The maximum atomic E-state index is 10.4. The topological polar surface area (TPSA) is 40.5 Å². The van der Waals surface area contributed by atoms with Gasteiger partial charge in [0.2, 0.25) is 0 Å². The van der Waals surface area contributed by atoms with Crippen LogP contribution in [-0.4, -0.2) is 35.6 Å². The highest BCUT2D eigenvalue weighted by Gasteiger charge is 2.16. The molecular formula is C11H21NO2. The molecule has 1 unspecified atom stereocenters. The number of likely N-dealkylation sites (tertiary alicyclic amines) is 1. The van der Waals surface area contributed by atoms with Crippen LogP contribution in [0.4, 0.5) is 0 Å². The van der Waals surface area contributed by atoms with E-state index < -0.39 is 5.97 Å². The van der Waals surface area contributed by atoms with Crippen LogP contribution in [0.25, 0.3) is 0 Å². The second-order valence-electron chi connectivity index (χ2n) is 4.16. The lowest BCUT2D eigenvalue weighted by Crippen LogP contribution is -2.24. The molecule has 0 aliphatic carbocycles. The zero-order valence-corrected chi connectivity index (χ0v) is 9.04. The molecule has 0 spiro atoms. The smallest absolute Gasteiger partial charge is 0.303 e. The Hall–Kier alpha value is -0.570. The van der Waals surface area contributed by atoms with Gasteiger partial charge in [0.15, 0.2) is 0 Å². The lowest BCUT2D eigenvalue weighted by molar-refractivity contribution is -0.137. The van der Waals surface area contributed by atoms with Gasteiger partial charge in [0.05, 0.1) is 0 Å². The predicted octanol–water partition coefficient (Wildman–Crippen LogP) is 1.97. The summed E-state index contributed by atoms with van der Waals surface area (Å²) < 4.78 is 0. The van der Waals surface area contributed by atoms with Crippen LogP contribution in [0, 0.1) is 5.92 Å². The van der Waals surface area contributed by atoms with Gasteiger partial charge in [0.1, 0.15) is 0 Å². The van der Waals surface area contributed by atoms with Crippen molar-refractivity contribution in [3.63, 3.8) is 0 Å². The number of nitrogens with zero attached hydrogens (tertiary/aromatic N) is 1. The minimum atomic E-state index is -0.651. The molecule has 82 valence electrons. The molecule has 1 fully saturated rings. The first kappa shape index (κ1) is 11.5. The molecule has 1 rings (SSSR count). The van der Waals surface area contributed by atoms with E-state index in [2.05, 4.69) is 11.8 Å². The fraction of sp³-hybridized carbons (Fsp3) is 0.909. The highest BCUT2D eigenvalue weighted by Crippen LogP contribution is 2.21. The fourth-order valence-electron chi connectivity index (χ4n) is 2.16. The first-order valence-electron chi connectivity index (χ1n) is 5.66. The minimum Gasteiger partial charge on any atom is -0.481 e. The molecule has 0 amide bonds. The lowest BCUT2D eigenvalue weighted by atomic mass is 9.95. The van der Waals surface area contributed by atoms with Crippen LogP contribution in [0.15, 0.2) is 0 Å². The summed E-state index contributed by atoms with van der Waals surface area (Å²) in [7, 11) is 0. The van der Waals surface area contributed by atoms with Gasteiger partial charge in [-0.05, 0) is 51.2 Å². The van der Waals surface area contributed by atoms with Crippen molar-refractivity contribution in [1.82, 2.24) is 4.90 Å². The van der Waals surface area contributed by atoms with Gasteiger partial charge in [0, 0.05) is 6.42 Å². The molecule has 1 aliphatic rings. The van der Waals surface area contributed by atoms with Gasteiger partial charge in [-0.1, -0.05) is 6.92 Å². The first-order chi connectivity index (χ1) is 6.72. The lowest BCUT2D eigenvalue weighted by Gasteiger charge is -2.17. The number of carboxylic acids is 1. The van der Waals surface area contributed by atoms with E-state index in [1.54, 1.807) is 0 Å². The van der Waals surface area contributed by atoms with Crippen LogP contribution in [0.5, 0.6) is 0 Å². The molecule has 3 nitrogen and oxygen atoms in total. The summed E-state index contributed by atoms with van der Waals surface area (Å²) >= 11 is 0. The standard InChI is InChI=1S/C11H21NO2/c1-2-12-8-3-4-10(7-9-12)5-6-11(13)14/h10H,2-9H2,1H3,(H,13,14). The van der Waals surface area contributed by atoms with Gasteiger partial charge in [-0.25, -0.2) is 0 Å². The van der Waals surface area contributed by atoms with Crippen molar-refractivity contribution in [2.45, 2.75) is 39.0 Å². The van der Waals surface area contributed by atoms with Crippen molar-refractivity contribution in [2.24, 2.45) is 5.92 Å². The Kier molecular flexibility index (Phi) is 4.94. The maximum Gasteiger partial charge on any atom is 0.303 e. The van der Waals surface area contributed by atoms with Gasteiger partial charge < -0.3 is 10.0 Å². The minimum absolute atomic E-state index is 0.344. The normalized spacial score (nSPS) is 24.5. The summed E-state index contributed by atoms with van der Waals surface area (Å²) in [5, 5.41) is 8.60. The highest BCUT2D eigenvalue weighted by molar-refractivity contribution is 5.66. The monoisotopic (exact) mass is 199 g/mol. The molecule has 14 heavy (non-hydrogen) atoms. The summed E-state index contributed by atoms with van der Waals surface area (Å²) in [6, 6.07) is 0. The summed E-state index contributed by atoms with van der Waals surface area (Å²) in [6.07, 6.45) is 4.84. The van der Waals surface area contributed by atoms with Gasteiger partial charge >= 0.3 is 5.97 Å². The highest BCUT2D eigenvalue weighted by atomic mass is 16.4. The van der Waals surface area contributed by atoms with E-state index >= 15 is 0 Å². The Morgan fingerprint density at radius 2 is 2.21 bits per heavy atom. The van der Waals surface area contributed by atoms with E-state index in [4.69, 9.17) is 5.11 Å². The average molecular weight is 199 g/mol. The molecule has 0 radical (unpaired) electrons. The Labute approximate surface area is 86.1 Å². The van der Waals surface area contributed by atoms with Crippen LogP contribution < -0.4 is 0 Å². The maximum absolute atomic E-state index is 10.4. The molecular weight excluding hydrogens is 178 g/mol. The Morgan fingerprint density at radius 3 is 2.86 bits per heavy atom. The molecule has 0 aromatic rings. The number of carboxylic acid groups (broad SMARTS) is 1. The molecule has 0 bridgehead atoms. The van der Waals surface area contributed by atoms with E-state index in [0.29, 0.717) is 12.3 Å². The summed E-state index contributed by atoms with van der Waals surface area (Å²) in [5.41, 5.74) is 0. The van der Waals surface area contributed by atoms with Crippen molar-refractivity contribution in [3.8, 4) is 0 Å². The number of hydrogen-bond donors (Lipinski definition) is 1. The summed E-state index contributed by atoms with van der Waals surface area (Å²) in [4.78, 5) is 12.9. The molecule has 0 aromatic carbocycles. The van der Waals surface area contributed by atoms with Gasteiger partial charge in [-0.2, -0.15) is 0 Å². The van der Waals surface area contributed by atoms with Crippen LogP contribution in [0.1, 0.15) is 39.0 Å². The average Bonchev–Trinajstić information content (AvgIpc) is 2.39. The number of aliphatic carboxylic acids is 1. The second-order valence-corrected chi connectivity index (χ2v) is 4.16. The first-order valence-corrected chi connectivity index (χ1v) is 5.66. The van der Waals surface area contributed by atoms with Gasteiger partial charge in [-0.15, -0.1) is 0 Å². The van der Waals surface area contributed by atoms with Crippen molar-refractivity contribution >= 4 is 5.97 Å². The summed E-state index contributed by atoms with van der Waals surface area (Å²) in [5.74, 6) is -0.00996. The molecule has 1 N–H and O–H groups in total. The van der Waals surface area contributed by atoms with Crippen molar-refractivity contribution < 1.29 is 9.90 Å². The van der Waals surface area contributed by atoms with Crippen molar-refractivity contribution in [2.75, 3.05) is 19.6 Å². The van der Waals surface area contributed by atoms with E-state index in [1.165, 1.54) is 25.8 Å². The number of hydrogen-bond acceptors (Lipinski definition) is 2. The van der Waals surface area contributed by atoms with E-state index in [9.17, 15) is 4.79 Å². The molecule has 0 aromatic heterocycles. The van der Waals surface area contributed by atoms with Gasteiger partial charge in [-0.3, -0.25) is 4.79 Å². The second kappa shape index (κ2) is 6.02. The molecule has 0 saturated carbocycles. The molecule has 1 atom stereocenters. The third-order valence-electron chi connectivity index (χ3n) is 3.15. The van der Waals surface area contributed by atoms with Crippen molar-refractivity contribution in [3.05, 3.63) is 0 Å². The van der Waals surface area contributed by atoms with E-state index in [-0.39, 0.29) is 0 Å². The SMILES string of the molecule is CCN1CCCC(CCC(=O)O)CC1. The quantitative estimate of drug-likeness (QED) is 0.752. The Balaban J connectivity index is 2.23.